The fourth-order valence-corrected chi connectivity index (χ4v) is 3.65. The Kier molecular flexibility index (Phi) is 4.76. The molecule has 0 bridgehead atoms. The predicted molar refractivity (Wildman–Crippen MR) is 85.2 cm³/mol. The Hall–Kier alpha value is -1.75. The van der Waals surface area contributed by atoms with Gasteiger partial charge < -0.3 is 4.90 Å². The number of carbonyl (C=O) groups is 1. The fraction of sp³-hybridized carbons (Fsp3) is 0.500. The lowest BCUT2D eigenvalue weighted by Gasteiger charge is -2.40. The highest BCUT2D eigenvalue weighted by Crippen LogP contribution is 2.26. The van der Waals surface area contributed by atoms with Crippen LogP contribution in [0, 0.1) is 11.6 Å². The van der Waals surface area contributed by atoms with Crippen molar-refractivity contribution in [2.75, 3.05) is 20.1 Å². The summed E-state index contributed by atoms with van der Waals surface area (Å²) < 4.78 is 26.5. The van der Waals surface area contributed by atoms with Crippen LogP contribution >= 0.6 is 0 Å². The van der Waals surface area contributed by atoms with E-state index < -0.39 is 11.6 Å². The second-order valence-electron chi connectivity index (χ2n) is 6.37. The maximum Gasteiger partial charge on any atom is 0.254 e. The van der Waals surface area contributed by atoms with Crippen LogP contribution in [0.2, 0.25) is 0 Å². The molecule has 0 saturated carbocycles. The maximum absolute atomic E-state index is 13.4. The summed E-state index contributed by atoms with van der Waals surface area (Å²) in [4.78, 5) is 16.8. The number of rotatable bonds is 3. The average Bonchev–Trinajstić information content (AvgIpc) is 3.10. The normalized spacial score (nSPS) is 24.8. The van der Waals surface area contributed by atoms with E-state index in [-0.39, 0.29) is 17.5 Å². The van der Waals surface area contributed by atoms with E-state index in [2.05, 4.69) is 17.1 Å². The molecule has 2 unspecified atom stereocenters. The molecule has 3 rings (SSSR count). The summed E-state index contributed by atoms with van der Waals surface area (Å²) in [6, 6.07) is 3.72. The van der Waals surface area contributed by atoms with Gasteiger partial charge >= 0.3 is 0 Å². The van der Waals surface area contributed by atoms with Gasteiger partial charge in [-0.15, -0.1) is 0 Å². The second-order valence-corrected chi connectivity index (χ2v) is 6.37. The number of amides is 1. The summed E-state index contributed by atoms with van der Waals surface area (Å²) in [5, 5.41) is 0. The fourth-order valence-electron chi connectivity index (χ4n) is 3.65. The van der Waals surface area contributed by atoms with Gasteiger partial charge in [0.05, 0.1) is 6.04 Å². The van der Waals surface area contributed by atoms with E-state index in [0.717, 1.165) is 38.1 Å². The van der Waals surface area contributed by atoms with Crippen molar-refractivity contribution in [1.29, 1.82) is 0 Å². The average molecular weight is 320 g/mol. The van der Waals surface area contributed by atoms with Gasteiger partial charge in [-0.1, -0.05) is 12.2 Å². The van der Waals surface area contributed by atoms with Crippen LogP contribution in [0.4, 0.5) is 8.78 Å². The Balaban J connectivity index is 1.79. The summed E-state index contributed by atoms with van der Waals surface area (Å²) in [6.07, 6.45) is 8.41. The molecule has 1 aliphatic heterocycles. The molecular formula is C18H22F2N2O. The van der Waals surface area contributed by atoms with Crippen LogP contribution in [0.5, 0.6) is 0 Å². The molecule has 1 aromatic rings. The van der Waals surface area contributed by atoms with Crippen LogP contribution in [0.25, 0.3) is 0 Å². The second kappa shape index (κ2) is 6.79. The van der Waals surface area contributed by atoms with E-state index in [0.29, 0.717) is 6.04 Å². The van der Waals surface area contributed by atoms with Crippen LogP contribution in [0.1, 0.15) is 36.0 Å². The number of likely N-dealkylation sites (N-methyl/N-ethyl adjacent to an activating group) is 1. The number of benzene rings is 1. The van der Waals surface area contributed by atoms with Crippen molar-refractivity contribution in [3.63, 3.8) is 0 Å². The molecule has 1 fully saturated rings. The number of halogens is 2. The molecule has 2 atom stereocenters. The molecule has 1 amide bonds. The summed E-state index contributed by atoms with van der Waals surface area (Å²) in [6.45, 7) is 2.14. The molecule has 1 heterocycles. The molecule has 1 aliphatic carbocycles. The molecule has 3 nitrogen and oxygen atoms in total. The Morgan fingerprint density at radius 2 is 1.83 bits per heavy atom. The van der Waals surface area contributed by atoms with Crippen molar-refractivity contribution in [3.05, 3.63) is 47.5 Å². The zero-order valence-electron chi connectivity index (χ0n) is 13.3. The van der Waals surface area contributed by atoms with Gasteiger partial charge in [0.2, 0.25) is 0 Å². The molecule has 2 aliphatic rings. The monoisotopic (exact) mass is 320 g/mol. The Morgan fingerprint density at radius 1 is 1.13 bits per heavy atom. The minimum Gasteiger partial charge on any atom is -0.337 e. The minimum absolute atomic E-state index is 0.0683. The third-order valence-corrected chi connectivity index (χ3v) is 4.96. The summed E-state index contributed by atoms with van der Waals surface area (Å²) >= 11 is 0. The highest BCUT2D eigenvalue weighted by atomic mass is 19.2. The van der Waals surface area contributed by atoms with Crippen molar-refractivity contribution in [3.8, 4) is 0 Å². The van der Waals surface area contributed by atoms with Crippen LogP contribution in [0.15, 0.2) is 30.4 Å². The van der Waals surface area contributed by atoms with E-state index in [4.69, 9.17) is 0 Å². The van der Waals surface area contributed by atoms with Crippen molar-refractivity contribution < 1.29 is 13.6 Å². The molecule has 1 aromatic carbocycles. The number of hydrogen-bond acceptors (Lipinski definition) is 2. The van der Waals surface area contributed by atoms with E-state index in [1.807, 2.05) is 0 Å². The van der Waals surface area contributed by atoms with Crippen molar-refractivity contribution in [1.82, 2.24) is 9.80 Å². The lowest BCUT2D eigenvalue weighted by molar-refractivity contribution is 0.0592. The number of likely N-dealkylation sites (tertiary alicyclic amines) is 1. The summed E-state index contributed by atoms with van der Waals surface area (Å²) in [5.74, 6) is -2.17. The Morgan fingerprint density at radius 3 is 2.52 bits per heavy atom. The standard InChI is InChI=1S/C18H22F2N2O/c1-21(18(23)13-8-9-14(19)15(20)12-13)16-6-2-3-7-17(16)22-10-4-5-11-22/h2-3,8-9,12,16-17H,4-7,10-11H2,1H3. The molecule has 5 heteroatoms. The minimum atomic E-state index is -0.983. The largest absolute Gasteiger partial charge is 0.337 e. The smallest absolute Gasteiger partial charge is 0.254 e. The Labute approximate surface area is 135 Å². The predicted octanol–water partition coefficient (Wildman–Crippen LogP) is 3.22. The molecule has 0 radical (unpaired) electrons. The van der Waals surface area contributed by atoms with E-state index in [9.17, 15) is 13.6 Å². The third kappa shape index (κ3) is 3.29. The highest BCUT2D eigenvalue weighted by molar-refractivity contribution is 5.94. The first kappa shape index (κ1) is 16.1. The van der Waals surface area contributed by atoms with Crippen LogP contribution in [-0.2, 0) is 0 Å². The Bertz CT molecular complexity index is 611. The topological polar surface area (TPSA) is 23.6 Å². The molecular weight excluding hydrogens is 298 g/mol. The quantitative estimate of drug-likeness (QED) is 0.799. The SMILES string of the molecule is CN(C(=O)c1ccc(F)c(F)c1)C1CC=CCC1N1CCCC1. The van der Waals surface area contributed by atoms with Gasteiger partial charge in [0, 0.05) is 18.7 Å². The number of nitrogens with zero attached hydrogens (tertiary/aromatic N) is 2. The molecule has 23 heavy (non-hydrogen) atoms. The first-order valence-corrected chi connectivity index (χ1v) is 8.19. The zero-order chi connectivity index (χ0) is 16.4. The van der Waals surface area contributed by atoms with Crippen LogP contribution < -0.4 is 0 Å². The van der Waals surface area contributed by atoms with Gasteiger partial charge in [-0.25, -0.2) is 8.78 Å². The van der Waals surface area contributed by atoms with Crippen molar-refractivity contribution in [2.24, 2.45) is 0 Å². The van der Waals surface area contributed by atoms with Gasteiger partial charge in [-0.05, 0) is 57.0 Å². The molecule has 0 N–H and O–H groups in total. The van der Waals surface area contributed by atoms with Gasteiger partial charge in [0.15, 0.2) is 11.6 Å². The van der Waals surface area contributed by atoms with Gasteiger partial charge in [-0.2, -0.15) is 0 Å². The number of carbonyl (C=O) groups excluding carboxylic acids is 1. The maximum atomic E-state index is 13.4. The molecule has 1 saturated heterocycles. The van der Waals surface area contributed by atoms with Gasteiger partial charge in [0.25, 0.3) is 5.91 Å². The van der Waals surface area contributed by atoms with Gasteiger partial charge in [-0.3, -0.25) is 9.69 Å². The first-order chi connectivity index (χ1) is 11.1. The van der Waals surface area contributed by atoms with Crippen molar-refractivity contribution in [2.45, 2.75) is 37.8 Å². The van der Waals surface area contributed by atoms with E-state index in [1.54, 1.807) is 11.9 Å². The van der Waals surface area contributed by atoms with Crippen LogP contribution in [0.3, 0.4) is 0 Å². The molecule has 0 aromatic heterocycles. The highest BCUT2D eigenvalue weighted by Gasteiger charge is 2.34. The van der Waals surface area contributed by atoms with Crippen LogP contribution in [-0.4, -0.2) is 47.9 Å². The molecule has 124 valence electrons. The van der Waals surface area contributed by atoms with Crippen molar-refractivity contribution >= 4 is 5.91 Å². The lowest BCUT2D eigenvalue weighted by atomic mass is 9.93. The summed E-state index contributed by atoms with van der Waals surface area (Å²) in [5.41, 5.74) is 0.195. The van der Waals surface area contributed by atoms with E-state index >= 15 is 0 Å². The third-order valence-electron chi connectivity index (χ3n) is 4.96. The van der Waals surface area contributed by atoms with Gasteiger partial charge in [0.1, 0.15) is 0 Å². The first-order valence-electron chi connectivity index (χ1n) is 8.19. The molecule has 0 spiro atoms. The zero-order valence-corrected chi connectivity index (χ0v) is 13.3. The summed E-state index contributed by atoms with van der Waals surface area (Å²) in [7, 11) is 1.76. The van der Waals surface area contributed by atoms with E-state index in [1.165, 1.54) is 18.9 Å². The number of hydrogen-bond donors (Lipinski definition) is 0. The lowest BCUT2D eigenvalue weighted by Crippen LogP contribution is -2.52.